The van der Waals surface area contributed by atoms with Crippen molar-refractivity contribution in [1.82, 2.24) is 9.62 Å². The minimum absolute atomic E-state index is 0.0145. The third-order valence-electron chi connectivity index (χ3n) is 3.91. The van der Waals surface area contributed by atoms with E-state index in [4.69, 9.17) is 0 Å². The Bertz CT molecular complexity index is 662. The number of likely N-dealkylation sites (tertiary alicyclic amines) is 1. The summed E-state index contributed by atoms with van der Waals surface area (Å²) in [6, 6.07) is 5.75. The molecule has 0 radical (unpaired) electrons. The van der Waals surface area contributed by atoms with Crippen LogP contribution in [0, 0.1) is 0 Å². The number of rotatable bonds is 6. The summed E-state index contributed by atoms with van der Waals surface area (Å²) < 4.78 is 26.7. The van der Waals surface area contributed by atoms with Gasteiger partial charge in [0.05, 0.1) is 4.90 Å². The van der Waals surface area contributed by atoms with Crippen molar-refractivity contribution in [2.45, 2.75) is 37.5 Å². The Hall–Kier alpha value is -1.73. The van der Waals surface area contributed by atoms with Crippen molar-refractivity contribution in [3.63, 3.8) is 0 Å². The van der Waals surface area contributed by atoms with E-state index in [9.17, 15) is 18.0 Å². The molecular formula is C16H22N2O4S. The van der Waals surface area contributed by atoms with Crippen LogP contribution in [0.2, 0.25) is 0 Å². The molecule has 1 saturated heterocycles. The molecule has 0 bridgehead atoms. The molecule has 0 unspecified atom stereocenters. The van der Waals surface area contributed by atoms with E-state index in [0.717, 1.165) is 32.4 Å². The first-order chi connectivity index (χ1) is 10.9. The standard InChI is InChI=1S/C16H22N2O4S/c1-13(19)14-5-7-15(8-6-14)23(21,22)17-10-9-16(20)18-11-3-2-4-12-18/h5-8,17H,2-4,9-12H2,1H3. The number of benzene rings is 1. The number of hydrogen-bond donors (Lipinski definition) is 1. The summed E-state index contributed by atoms with van der Waals surface area (Å²) in [4.78, 5) is 25.1. The molecule has 0 saturated carbocycles. The molecule has 126 valence electrons. The minimum Gasteiger partial charge on any atom is -0.343 e. The van der Waals surface area contributed by atoms with Gasteiger partial charge in [0.1, 0.15) is 0 Å². The highest BCUT2D eigenvalue weighted by Gasteiger charge is 2.18. The lowest BCUT2D eigenvalue weighted by atomic mass is 10.1. The maximum Gasteiger partial charge on any atom is 0.240 e. The van der Waals surface area contributed by atoms with Crippen LogP contribution < -0.4 is 4.72 Å². The summed E-state index contributed by atoms with van der Waals surface area (Å²) in [5.41, 5.74) is 0.462. The van der Waals surface area contributed by atoms with Gasteiger partial charge in [0.25, 0.3) is 0 Å². The maximum absolute atomic E-state index is 12.2. The Morgan fingerprint density at radius 2 is 1.70 bits per heavy atom. The molecule has 23 heavy (non-hydrogen) atoms. The van der Waals surface area contributed by atoms with Crippen molar-refractivity contribution in [2.24, 2.45) is 0 Å². The fourth-order valence-corrected chi connectivity index (χ4v) is 3.58. The second-order valence-corrected chi connectivity index (χ2v) is 7.44. The van der Waals surface area contributed by atoms with Crippen molar-refractivity contribution in [1.29, 1.82) is 0 Å². The first-order valence-corrected chi connectivity index (χ1v) is 9.27. The molecule has 0 spiro atoms. The molecule has 2 rings (SSSR count). The molecule has 1 aromatic rings. The molecule has 7 heteroatoms. The molecular weight excluding hydrogens is 316 g/mol. The van der Waals surface area contributed by atoms with Crippen molar-refractivity contribution >= 4 is 21.7 Å². The van der Waals surface area contributed by atoms with Crippen LogP contribution in [-0.2, 0) is 14.8 Å². The fourth-order valence-electron chi connectivity index (χ4n) is 2.55. The summed E-state index contributed by atoms with van der Waals surface area (Å²) in [6.07, 6.45) is 3.33. The number of piperidine rings is 1. The highest BCUT2D eigenvalue weighted by molar-refractivity contribution is 7.89. The lowest BCUT2D eigenvalue weighted by Gasteiger charge is -2.26. The van der Waals surface area contributed by atoms with E-state index in [0.29, 0.717) is 5.56 Å². The second-order valence-electron chi connectivity index (χ2n) is 5.67. The SMILES string of the molecule is CC(=O)c1ccc(S(=O)(=O)NCCC(=O)N2CCCCC2)cc1. The van der Waals surface area contributed by atoms with Crippen LogP contribution in [0.5, 0.6) is 0 Å². The Morgan fingerprint density at radius 3 is 2.26 bits per heavy atom. The molecule has 1 N–H and O–H groups in total. The van der Waals surface area contributed by atoms with Gasteiger partial charge in [0, 0.05) is 31.6 Å². The largest absolute Gasteiger partial charge is 0.343 e. The zero-order valence-corrected chi connectivity index (χ0v) is 14.1. The number of carbonyl (C=O) groups excluding carboxylic acids is 2. The number of sulfonamides is 1. The van der Waals surface area contributed by atoms with Gasteiger partial charge < -0.3 is 4.90 Å². The third kappa shape index (κ3) is 4.87. The number of hydrogen-bond acceptors (Lipinski definition) is 4. The van der Waals surface area contributed by atoms with E-state index >= 15 is 0 Å². The van der Waals surface area contributed by atoms with Crippen LogP contribution in [0.1, 0.15) is 43.0 Å². The second kappa shape index (κ2) is 7.70. The van der Waals surface area contributed by atoms with E-state index in [-0.39, 0.29) is 29.6 Å². The Labute approximate surface area is 136 Å². The van der Waals surface area contributed by atoms with Crippen LogP contribution in [0.3, 0.4) is 0 Å². The first-order valence-electron chi connectivity index (χ1n) is 7.78. The lowest BCUT2D eigenvalue weighted by molar-refractivity contribution is -0.131. The van der Waals surface area contributed by atoms with Gasteiger partial charge in [0.15, 0.2) is 5.78 Å². The number of nitrogens with zero attached hydrogens (tertiary/aromatic N) is 1. The quantitative estimate of drug-likeness (QED) is 0.798. The fraction of sp³-hybridized carbons (Fsp3) is 0.500. The van der Waals surface area contributed by atoms with Gasteiger partial charge in [-0.3, -0.25) is 9.59 Å². The number of Topliss-reactive ketones (excluding diaryl/α,β-unsaturated/α-hetero) is 1. The van der Waals surface area contributed by atoms with Gasteiger partial charge in [-0.2, -0.15) is 0 Å². The predicted octanol–water partition coefficient (Wildman–Crippen LogP) is 1.57. The molecule has 6 nitrogen and oxygen atoms in total. The van der Waals surface area contributed by atoms with Gasteiger partial charge in [-0.25, -0.2) is 13.1 Å². The Kier molecular flexibility index (Phi) is 5.90. The first kappa shape index (κ1) is 17.6. The molecule has 1 aromatic carbocycles. The molecule has 1 amide bonds. The van der Waals surface area contributed by atoms with Crippen LogP contribution in [-0.4, -0.2) is 44.6 Å². The molecule has 1 aliphatic heterocycles. The zero-order valence-electron chi connectivity index (χ0n) is 13.2. The van der Waals surface area contributed by atoms with E-state index < -0.39 is 10.0 Å². The highest BCUT2D eigenvalue weighted by Crippen LogP contribution is 2.12. The zero-order chi connectivity index (χ0) is 16.9. The average Bonchev–Trinajstić information content (AvgIpc) is 2.55. The molecule has 1 aliphatic rings. The maximum atomic E-state index is 12.2. The lowest BCUT2D eigenvalue weighted by Crippen LogP contribution is -2.37. The Morgan fingerprint density at radius 1 is 1.09 bits per heavy atom. The number of amides is 1. The van der Waals surface area contributed by atoms with Gasteiger partial charge in [-0.1, -0.05) is 12.1 Å². The summed E-state index contributed by atoms with van der Waals surface area (Å²) in [6.45, 7) is 3.02. The normalized spacial score (nSPS) is 15.4. The van der Waals surface area contributed by atoms with E-state index in [2.05, 4.69) is 4.72 Å². The highest BCUT2D eigenvalue weighted by atomic mass is 32.2. The predicted molar refractivity (Wildman–Crippen MR) is 86.7 cm³/mol. The van der Waals surface area contributed by atoms with Crippen LogP contribution in [0.15, 0.2) is 29.2 Å². The van der Waals surface area contributed by atoms with E-state index in [1.807, 2.05) is 0 Å². The molecule has 1 heterocycles. The molecule has 0 aliphatic carbocycles. The molecule has 0 aromatic heterocycles. The van der Waals surface area contributed by atoms with E-state index in [1.54, 1.807) is 4.90 Å². The summed E-state index contributed by atoms with van der Waals surface area (Å²) in [5, 5.41) is 0. The minimum atomic E-state index is -3.66. The average molecular weight is 338 g/mol. The van der Waals surface area contributed by atoms with Crippen molar-refractivity contribution in [3.05, 3.63) is 29.8 Å². The van der Waals surface area contributed by atoms with Crippen molar-refractivity contribution in [2.75, 3.05) is 19.6 Å². The van der Waals surface area contributed by atoms with Gasteiger partial charge >= 0.3 is 0 Å². The van der Waals surface area contributed by atoms with Crippen molar-refractivity contribution < 1.29 is 18.0 Å². The van der Waals surface area contributed by atoms with Crippen LogP contribution >= 0.6 is 0 Å². The van der Waals surface area contributed by atoms with Crippen LogP contribution in [0.4, 0.5) is 0 Å². The molecule has 1 fully saturated rings. The number of nitrogens with one attached hydrogen (secondary N) is 1. The summed E-state index contributed by atoms with van der Waals surface area (Å²) in [7, 11) is -3.66. The third-order valence-corrected chi connectivity index (χ3v) is 5.39. The number of carbonyl (C=O) groups is 2. The van der Waals surface area contributed by atoms with Gasteiger partial charge in [0.2, 0.25) is 15.9 Å². The monoisotopic (exact) mass is 338 g/mol. The Balaban J connectivity index is 1.88. The molecule has 0 atom stereocenters. The number of ketones is 1. The van der Waals surface area contributed by atoms with Crippen LogP contribution in [0.25, 0.3) is 0 Å². The van der Waals surface area contributed by atoms with E-state index in [1.165, 1.54) is 31.2 Å². The van der Waals surface area contributed by atoms with Gasteiger partial charge in [-0.15, -0.1) is 0 Å². The smallest absolute Gasteiger partial charge is 0.240 e. The summed E-state index contributed by atoms with van der Waals surface area (Å²) in [5.74, 6) is -0.131. The van der Waals surface area contributed by atoms with Crippen molar-refractivity contribution in [3.8, 4) is 0 Å². The van der Waals surface area contributed by atoms with Gasteiger partial charge in [-0.05, 0) is 38.3 Å². The topological polar surface area (TPSA) is 83.5 Å². The summed E-state index contributed by atoms with van der Waals surface area (Å²) >= 11 is 0.